The largest absolute Gasteiger partial charge is 0.461 e. The summed E-state index contributed by atoms with van der Waals surface area (Å²) in [7, 11) is 0. The molecule has 126 valence electrons. The molecular formula is C17H19N3O3S. The molecule has 3 aromatic rings. The van der Waals surface area contributed by atoms with Gasteiger partial charge < -0.3 is 4.74 Å². The van der Waals surface area contributed by atoms with Crippen LogP contribution in [0.4, 0.5) is 0 Å². The Hall–Kier alpha value is -2.15. The molecule has 0 saturated heterocycles. The first kappa shape index (κ1) is 15.4. The van der Waals surface area contributed by atoms with Crippen LogP contribution < -0.4 is 5.56 Å². The van der Waals surface area contributed by atoms with Crippen LogP contribution in [0, 0.1) is 6.92 Å². The average molecular weight is 345 g/mol. The van der Waals surface area contributed by atoms with E-state index in [-0.39, 0.29) is 24.2 Å². The maximum Gasteiger partial charge on any atom is 0.328 e. The van der Waals surface area contributed by atoms with Crippen molar-refractivity contribution in [3.63, 3.8) is 0 Å². The molecule has 4 rings (SSSR count). The van der Waals surface area contributed by atoms with Gasteiger partial charge in [0.05, 0.1) is 10.2 Å². The minimum atomic E-state index is -0.381. The zero-order valence-corrected chi connectivity index (χ0v) is 14.3. The number of nitrogens with zero attached hydrogens (tertiary/aromatic N) is 3. The number of thiophene rings is 1. The number of esters is 1. The second-order valence-electron chi connectivity index (χ2n) is 6.29. The van der Waals surface area contributed by atoms with Gasteiger partial charge in [0.15, 0.2) is 0 Å². The van der Waals surface area contributed by atoms with Gasteiger partial charge in [0, 0.05) is 0 Å². The molecule has 3 heterocycles. The number of hydrogen-bond acceptors (Lipinski definition) is 5. The van der Waals surface area contributed by atoms with E-state index in [9.17, 15) is 9.59 Å². The first-order valence-electron chi connectivity index (χ1n) is 8.29. The van der Waals surface area contributed by atoms with Crippen LogP contribution in [0.1, 0.15) is 37.9 Å². The summed E-state index contributed by atoms with van der Waals surface area (Å²) >= 11 is 1.59. The molecule has 6 nitrogen and oxygen atoms in total. The number of hydrogen-bond donors (Lipinski definition) is 0. The summed E-state index contributed by atoms with van der Waals surface area (Å²) in [6, 6.07) is 3.84. The highest BCUT2D eigenvalue weighted by Crippen LogP contribution is 2.24. The van der Waals surface area contributed by atoms with E-state index < -0.39 is 0 Å². The number of aromatic nitrogens is 3. The predicted molar refractivity (Wildman–Crippen MR) is 92.5 cm³/mol. The Morgan fingerprint density at radius 1 is 1.33 bits per heavy atom. The minimum absolute atomic E-state index is 0.00887. The molecule has 3 aromatic heterocycles. The van der Waals surface area contributed by atoms with Gasteiger partial charge in [-0.05, 0) is 50.1 Å². The van der Waals surface area contributed by atoms with E-state index in [1.165, 1.54) is 11.1 Å². The van der Waals surface area contributed by atoms with E-state index in [0.717, 1.165) is 35.9 Å². The molecule has 1 aliphatic carbocycles. The average Bonchev–Trinajstić information content (AvgIpc) is 3.14. The minimum Gasteiger partial charge on any atom is -0.461 e. The number of carbonyl (C=O) groups is 1. The van der Waals surface area contributed by atoms with Gasteiger partial charge in [-0.15, -0.1) is 11.3 Å². The van der Waals surface area contributed by atoms with E-state index in [2.05, 4.69) is 5.10 Å². The second-order valence-corrected chi connectivity index (χ2v) is 7.24. The van der Waals surface area contributed by atoms with Gasteiger partial charge in [-0.1, -0.05) is 6.42 Å². The quantitative estimate of drug-likeness (QED) is 0.685. The third-order valence-electron chi connectivity index (χ3n) is 4.59. The molecule has 24 heavy (non-hydrogen) atoms. The van der Waals surface area contributed by atoms with Crippen molar-refractivity contribution in [1.29, 1.82) is 0 Å². The van der Waals surface area contributed by atoms with Gasteiger partial charge in [0.1, 0.15) is 24.0 Å². The van der Waals surface area contributed by atoms with Crippen LogP contribution in [0.5, 0.6) is 0 Å². The van der Waals surface area contributed by atoms with Crippen LogP contribution in [0.3, 0.4) is 0 Å². The molecule has 0 bridgehead atoms. The zero-order chi connectivity index (χ0) is 16.7. The number of ether oxygens (including phenoxy) is 1. The molecule has 1 aliphatic rings. The summed E-state index contributed by atoms with van der Waals surface area (Å²) in [5.74, 6) is 0.303. The fourth-order valence-corrected chi connectivity index (χ4v) is 4.27. The standard InChI is InChI=1S/C17H19N3O3S/c1-11-18-19(10-16(21)23-12-5-3-2-4-6-12)17(22)14-9-15-13(20(11)14)7-8-24-15/h7-9,12H,2-6,10H2,1H3. The first-order chi connectivity index (χ1) is 11.6. The zero-order valence-electron chi connectivity index (χ0n) is 13.5. The number of rotatable bonds is 3. The molecule has 0 aliphatic heterocycles. The van der Waals surface area contributed by atoms with Crippen molar-refractivity contribution >= 4 is 33.0 Å². The maximum absolute atomic E-state index is 12.7. The molecule has 7 heteroatoms. The van der Waals surface area contributed by atoms with Crippen LogP contribution in [0.2, 0.25) is 0 Å². The van der Waals surface area contributed by atoms with Crippen molar-refractivity contribution in [2.24, 2.45) is 0 Å². The molecule has 0 unspecified atom stereocenters. The lowest BCUT2D eigenvalue weighted by molar-refractivity contribution is -0.151. The Labute approximate surface area is 142 Å². The molecule has 1 fully saturated rings. The van der Waals surface area contributed by atoms with E-state index in [1.54, 1.807) is 11.3 Å². The fourth-order valence-electron chi connectivity index (χ4n) is 3.46. The molecule has 0 amide bonds. The normalized spacial score (nSPS) is 16.0. The Kier molecular flexibility index (Phi) is 3.88. The van der Waals surface area contributed by atoms with Crippen LogP contribution in [-0.4, -0.2) is 26.3 Å². The van der Waals surface area contributed by atoms with E-state index in [0.29, 0.717) is 11.3 Å². The highest BCUT2D eigenvalue weighted by molar-refractivity contribution is 7.17. The monoisotopic (exact) mass is 345 g/mol. The van der Waals surface area contributed by atoms with E-state index >= 15 is 0 Å². The lowest BCUT2D eigenvalue weighted by Crippen LogP contribution is -2.32. The summed E-state index contributed by atoms with van der Waals surface area (Å²) < 4.78 is 9.61. The van der Waals surface area contributed by atoms with Crippen LogP contribution in [-0.2, 0) is 16.1 Å². The summed E-state index contributed by atoms with van der Waals surface area (Å²) in [6.07, 6.45) is 5.23. The Morgan fingerprint density at radius 3 is 2.92 bits per heavy atom. The molecular weight excluding hydrogens is 326 g/mol. The number of carbonyl (C=O) groups excluding carboxylic acids is 1. The molecule has 0 spiro atoms. The molecule has 0 aromatic carbocycles. The van der Waals surface area contributed by atoms with Crippen molar-refractivity contribution in [3.8, 4) is 0 Å². The van der Waals surface area contributed by atoms with Gasteiger partial charge in [-0.25, -0.2) is 4.68 Å². The summed E-state index contributed by atoms with van der Waals surface area (Å²) in [5.41, 5.74) is 1.27. The predicted octanol–water partition coefficient (Wildman–Crippen LogP) is 2.90. The van der Waals surface area contributed by atoms with Crippen molar-refractivity contribution in [2.45, 2.75) is 51.7 Å². The van der Waals surface area contributed by atoms with E-state index in [1.807, 2.05) is 28.8 Å². The topological polar surface area (TPSA) is 65.6 Å². The fraction of sp³-hybridized carbons (Fsp3) is 0.471. The van der Waals surface area contributed by atoms with E-state index in [4.69, 9.17) is 4.74 Å². The summed E-state index contributed by atoms with van der Waals surface area (Å²) in [4.78, 5) is 24.8. The van der Waals surface area contributed by atoms with Crippen molar-refractivity contribution in [2.75, 3.05) is 0 Å². The highest BCUT2D eigenvalue weighted by Gasteiger charge is 2.20. The third-order valence-corrected chi connectivity index (χ3v) is 5.45. The van der Waals surface area contributed by atoms with Gasteiger partial charge in [0.2, 0.25) is 0 Å². The Morgan fingerprint density at radius 2 is 2.12 bits per heavy atom. The van der Waals surface area contributed by atoms with Crippen molar-refractivity contribution in [3.05, 3.63) is 33.7 Å². The summed E-state index contributed by atoms with van der Waals surface area (Å²) in [5, 5.41) is 6.30. The highest BCUT2D eigenvalue weighted by atomic mass is 32.1. The second kappa shape index (κ2) is 6.05. The molecule has 0 atom stereocenters. The molecule has 0 N–H and O–H groups in total. The third kappa shape index (κ3) is 2.62. The van der Waals surface area contributed by atoms with Crippen LogP contribution >= 0.6 is 11.3 Å². The van der Waals surface area contributed by atoms with Crippen molar-refractivity contribution in [1.82, 2.24) is 14.2 Å². The van der Waals surface area contributed by atoms with Gasteiger partial charge in [-0.2, -0.15) is 5.10 Å². The SMILES string of the molecule is Cc1nn(CC(=O)OC2CCCCC2)c(=O)c2cc3sccc3n12. The van der Waals surface area contributed by atoms with Crippen LogP contribution in [0.15, 0.2) is 22.3 Å². The van der Waals surface area contributed by atoms with Gasteiger partial charge in [0.25, 0.3) is 5.56 Å². The van der Waals surface area contributed by atoms with Gasteiger partial charge in [-0.3, -0.25) is 14.0 Å². The van der Waals surface area contributed by atoms with Crippen LogP contribution in [0.25, 0.3) is 15.7 Å². The Bertz CT molecular complexity index is 963. The first-order valence-corrected chi connectivity index (χ1v) is 9.17. The lowest BCUT2D eigenvalue weighted by Gasteiger charge is -2.21. The van der Waals surface area contributed by atoms with Gasteiger partial charge >= 0.3 is 5.97 Å². The smallest absolute Gasteiger partial charge is 0.328 e. The number of aryl methyl sites for hydroxylation is 1. The number of fused-ring (bicyclic) bond motifs is 3. The maximum atomic E-state index is 12.7. The summed E-state index contributed by atoms with van der Waals surface area (Å²) in [6.45, 7) is 1.71. The van der Waals surface area contributed by atoms with Crippen molar-refractivity contribution < 1.29 is 9.53 Å². The molecule has 1 saturated carbocycles. The lowest BCUT2D eigenvalue weighted by atomic mass is 9.98. The molecule has 0 radical (unpaired) electrons. The Balaban J connectivity index is 1.63.